The van der Waals surface area contributed by atoms with E-state index in [4.69, 9.17) is 0 Å². The molecule has 1 fully saturated rings. The van der Waals surface area contributed by atoms with Gasteiger partial charge in [0.1, 0.15) is 0 Å². The second-order valence-corrected chi connectivity index (χ2v) is 6.45. The van der Waals surface area contributed by atoms with Gasteiger partial charge in [0.05, 0.1) is 10.6 Å². The molecule has 1 aliphatic heterocycles. The van der Waals surface area contributed by atoms with Crippen molar-refractivity contribution in [2.45, 2.75) is 0 Å². The predicted octanol–water partition coefficient (Wildman–Crippen LogP) is 4.73. The Morgan fingerprint density at radius 2 is 1.62 bits per heavy atom. The van der Waals surface area contributed by atoms with Crippen LogP contribution in [0.25, 0.3) is 16.8 Å². The van der Waals surface area contributed by atoms with Crippen molar-refractivity contribution in [3.05, 3.63) is 83.3 Å². The maximum atomic E-state index is 12.2. The topological polar surface area (TPSA) is 41.5 Å². The molecular weight excluding hydrogens is 316 g/mol. The first-order valence-corrected chi connectivity index (χ1v) is 8.43. The summed E-state index contributed by atoms with van der Waals surface area (Å²) in [6, 6.07) is 24.0. The van der Waals surface area contributed by atoms with Crippen LogP contribution in [0.15, 0.2) is 82.7 Å². The molecule has 1 saturated heterocycles. The lowest BCUT2D eigenvalue weighted by molar-refractivity contribution is -0.115. The summed E-state index contributed by atoms with van der Waals surface area (Å²) >= 11 is 1.36. The van der Waals surface area contributed by atoms with Gasteiger partial charge in [-0.25, -0.2) is 4.99 Å². The number of para-hydroxylation sites is 1. The minimum absolute atomic E-state index is 0.108. The number of hydrogen-bond donors (Lipinski definition) is 1. The van der Waals surface area contributed by atoms with E-state index in [1.807, 2.05) is 54.6 Å². The van der Waals surface area contributed by atoms with E-state index in [-0.39, 0.29) is 5.91 Å². The Kier molecular flexibility index (Phi) is 3.89. The lowest BCUT2D eigenvalue weighted by Crippen LogP contribution is -2.19. The first-order chi connectivity index (χ1) is 11.8. The van der Waals surface area contributed by atoms with E-state index in [1.54, 1.807) is 0 Å². The number of rotatable bonds is 2. The van der Waals surface area contributed by atoms with Crippen LogP contribution >= 0.6 is 11.8 Å². The van der Waals surface area contributed by atoms with Crippen LogP contribution in [0.2, 0.25) is 0 Å². The maximum absolute atomic E-state index is 12.2. The smallest absolute Gasteiger partial charge is 0.264 e. The molecule has 3 nitrogen and oxygen atoms in total. The molecular formula is C20H14N2OS. The molecule has 4 rings (SSSR count). The second-order valence-electron chi connectivity index (χ2n) is 5.42. The number of fused-ring (bicyclic) bond motifs is 1. The third kappa shape index (κ3) is 3.09. The quantitative estimate of drug-likeness (QED) is 0.690. The standard InChI is InChI=1S/C20H14N2OS/c23-19-18(24-20(22-19)21-17-8-2-1-3-9-17)13-14-10-11-15-6-4-5-7-16(15)12-14/h1-13H,(H,21,22,23). The molecule has 3 aromatic carbocycles. The van der Waals surface area contributed by atoms with Gasteiger partial charge in [-0.1, -0.05) is 54.6 Å². The van der Waals surface area contributed by atoms with E-state index in [0.717, 1.165) is 16.6 Å². The molecule has 1 aliphatic rings. The molecule has 0 unspecified atom stereocenters. The van der Waals surface area contributed by atoms with E-state index in [9.17, 15) is 4.79 Å². The maximum Gasteiger partial charge on any atom is 0.264 e. The largest absolute Gasteiger partial charge is 0.300 e. The van der Waals surface area contributed by atoms with E-state index in [2.05, 4.69) is 34.6 Å². The highest BCUT2D eigenvalue weighted by molar-refractivity contribution is 8.18. The molecule has 0 saturated carbocycles. The van der Waals surface area contributed by atoms with Crippen LogP contribution in [0.5, 0.6) is 0 Å². The van der Waals surface area contributed by atoms with Gasteiger partial charge in [-0.3, -0.25) is 4.79 Å². The summed E-state index contributed by atoms with van der Waals surface area (Å²) < 4.78 is 0. The highest BCUT2D eigenvalue weighted by atomic mass is 32.2. The molecule has 1 heterocycles. The fourth-order valence-corrected chi connectivity index (χ4v) is 3.39. The van der Waals surface area contributed by atoms with Crippen LogP contribution < -0.4 is 5.32 Å². The van der Waals surface area contributed by atoms with Crippen LogP contribution in [0.3, 0.4) is 0 Å². The third-order valence-electron chi connectivity index (χ3n) is 3.71. The summed E-state index contributed by atoms with van der Waals surface area (Å²) in [5.41, 5.74) is 1.83. The number of carbonyl (C=O) groups is 1. The van der Waals surface area contributed by atoms with E-state index in [1.165, 1.54) is 17.1 Å². The van der Waals surface area contributed by atoms with Crippen molar-refractivity contribution in [1.82, 2.24) is 5.32 Å². The lowest BCUT2D eigenvalue weighted by atomic mass is 10.1. The Morgan fingerprint density at radius 3 is 2.46 bits per heavy atom. The van der Waals surface area contributed by atoms with Crippen molar-refractivity contribution in [3.63, 3.8) is 0 Å². The normalized spacial score (nSPS) is 17.6. The molecule has 0 radical (unpaired) electrons. The molecule has 4 heteroatoms. The number of benzene rings is 3. The Balaban J connectivity index is 1.62. The molecule has 116 valence electrons. The van der Waals surface area contributed by atoms with Crippen LogP contribution in [-0.2, 0) is 4.79 Å². The predicted molar refractivity (Wildman–Crippen MR) is 101 cm³/mol. The lowest BCUT2D eigenvalue weighted by Gasteiger charge is -1.99. The Bertz CT molecular complexity index is 977. The van der Waals surface area contributed by atoms with Crippen LogP contribution in [0, 0.1) is 0 Å². The van der Waals surface area contributed by atoms with E-state index >= 15 is 0 Å². The number of nitrogens with one attached hydrogen (secondary N) is 1. The Hall–Kier alpha value is -2.85. The number of carbonyl (C=O) groups excluding carboxylic acids is 1. The number of amides is 1. The van der Waals surface area contributed by atoms with Crippen LogP contribution in [0.1, 0.15) is 5.56 Å². The summed E-state index contributed by atoms with van der Waals surface area (Å²) in [6.07, 6.45) is 1.90. The molecule has 24 heavy (non-hydrogen) atoms. The van der Waals surface area contributed by atoms with Gasteiger partial charge in [0.15, 0.2) is 5.17 Å². The summed E-state index contributed by atoms with van der Waals surface area (Å²) in [5.74, 6) is -0.108. The molecule has 1 N–H and O–H groups in total. The van der Waals surface area contributed by atoms with Crippen LogP contribution in [0.4, 0.5) is 5.69 Å². The average Bonchev–Trinajstić information content (AvgIpc) is 2.95. The number of hydrogen-bond acceptors (Lipinski definition) is 3. The Labute approximate surface area is 144 Å². The van der Waals surface area contributed by atoms with Crippen molar-refractivity contribution in [1.29, 1.82) is 0 Å². The molecule has 0 aliphatic carbocycles. The number of nitrogens with zero attached hydrogens (tertiary/aromatic N) is 1. The zero-order valence-electron chi connectivity index (χ0n) is 12.8. The minimum Gasteiger partial charge on any atom is -0.300 e. The van der Waals surface area contributed by atoms with Gasteiger partial charge in [0, 0.05) is 0 Å². The highest BCUT2D eigenvalue weighted by Gasteiger charge is 2.23. The summed E-state index contributed by atoms with van der Waals surface area (Å²) in [4.78, 5) is 17.3. The van der Waals surface area contributed by atoms with Gasteiger partial charge in [0.25, 0.3) is 5.91 Å². The monoisotopic (exact) mass is 330 g/mol. The van der Waals surface area contributed by atoms with Crippen molar-refractivity contribution >= 4 is 45.4 Å². The van der Waals surface area contributed by atoms with Crippen molar-refractivity contribution in [2.75, 3.05) is 0 Å². The zero-order chi connectivity index (χ0) is 16.4. The number of amidine groups is 1. The van der Waals surface area contributed by atoms with Gasteiger partial charge in [-0.15, -0.1) is 0 Å². The van der Waals surface area contributed by atoms with Gasteiger partial charge >= 0.3 is 0 Å². The summed E-state index contributed by atoms with van der Waals surface area (Å²) in [5, 5.41) is 5.78. The highest BCUT2D eigenvalue weighted by Crippen LogP contribution is 2.28. The summed E-state index contributed by atoms with van der Waals surface area (Å²) in [7, 11) is 0. The molecule has 0 spiro atoms. The van der Waals surface area contributed by atoms with Crippen molar-refractivity contribution < 1.29 is 4.79 Å². The van der Waals surface area contributed by atoms with Crippen molar-refractivity contribution in [3.8, 4) is 0 Å². The minimum atomic E-state index is -0.108. The van der Waals surface area contributed by atoms with E-state index < -0.39 is 0 Å². The third-order valence-corrected chi connectivity index (χ3v) is 4.62. The molecule has 0 bridgehead atoms. The van der Waals surface area contributed by atoms with Crippen molar-refractivity contribution in [2.24, 2.45) is 4.99 Å². The molecule has 0 atom stereocenters. The molecule has 1 amide bonds. The first kappa shape index (κ1) is 14.7. The summed E-state index contributed by atoms with van der Waals surface area (Å²) in [6.45, 7) is 0. The number of aliphatic imine (C=N–C) groups is 1. The SMILES string of the molecule is O=C1NC(=Nc2ccccc2)SC1=Cc1ccc2ccccc2c1. The van der Waals surface area contributed by atoms with E-state index in [0.29, 0.717) is 10.1 Å². The Morgan fingerprint density at radius 1 is 0.875 bits per heavy atom. The molecule has 0 aromatic heterocycles. The molecule has 3 aromatic rings. The second kappa shape index (κ2) is 6.34. The van der Waals surface area contributed by atoms with Crippen LogP contribution in [-0.4, -0.2) is 11.1 Å². The fraction of sp³-hybridized carbons (Fsp3) is 0. The average molecular weight is 330 g/mol. The van der Waals surface area contributed by atoms with Gasteiger partial charge < -0.3 is 5.32 Å². The first-order valence-electron chi connectivity index (χ1n) is 7.61. The van der Waals surface area contributed by atoms with Gasteiger partial charge in [-0.2, -0.15) is 0 Å². The zero-order valence-corrected chi connectivity index (χ0v) is 13.6. The fourth-order valence-electron chi connectivity index (χ4n) is 2.55. The van der Waals surface area contributed by atoms with Gasteiger partial charge in [-0.05, 0) is 52.4 Å². The number of thioether (sulfide) groups is 1. The van der Waals surface area contributed by atoms with Gasteiger partial charge in [0.2, 0.25) is 0 Å².